The lowest BCUT2D eigenvalue weighted by Gasteiger charge is -2.06. The van der Waals surface area contributed by atoms with Gasteiger partial charge in [-0.2, -0.15) is 0 Å². The van der Waals surface area contributed by atoms with Crippen LogP contribution in [-0.4, -0.2) is 9.55 Å². The van der Waals surface area contributed by atoms with Gasteiger partial charge in [0.05, 0.1) is 11.2 Å². The van der Waals surface area contributed by atoms with Crippen LogP contribution < -0.4 is 5.73 Å². The summed E-state index contributed by atoms with van der Waals surface area (Å²) in [5.74, 6) is 0.901. The van der Waals surface area contributed by atoms with E-state index in [1.807, 2.05) is 42.5 Å². The zero-order valence-corrected chi connectivity index (χ0v) is 11.4. The van der Waals surface area contributed by atoms with E-state index < -0.39 is 0 Å². The van der Waals surface area contributed by atoms with E-state index in [0.29, 0.717) is 10.7 Å². The second-order valence-electron chi connectivity index (χ2n) is 4.40. The van der Waals surface area contributed by atoms with Crippen molar-refractivity contribution < 1.29 is 0 Å². The fraction of sp³-hybridized carbons (Fsp3) is 0.133. The lowest BCUT2D eigenvalue weighted by atomic mass is 10.2. The number of imidazole rings is 1. The van der Waals surface area contributed by atoms with Gasteiger partial charge in [0.25, 0.3) is 0 Å². The molecule has 0 spiro atoms. The molecule has 0 amide bonds. The number of benzene rings is 2. The molecule has 0 fully saturated rings. The highest BCUT2D eigenvalue weighted by molar-refractivity contribution is 6.30. The Bertz CT molecular complexity index is 746. The Balaban J connectivity index is 2.32. The van der Waals surface area contributed by atoms with Gasteiger partial charge in [0.1, 0.15) is 11.3 Å². The summed E-state index contributed by atoms with van der Waals surface area (Å²) >= 11 is 6.06. The lowest BCUT2D eigenvalue weighted by molar-refractivity contribution is 0.796. The maximum Gasteiger partial charge on any atom is 0.141 e. The topological polar surface area (TPSA) is 43.8 Å². The predicted molar refractivity (Wildman–Crippen MR) is 80.3 cm³/mol. The number of fused-ring (bicyclic) bond motifs is 1. The molecule has 3 aromatic rings. The molecule has 0 aliphatic heterocycles. The molecule has 2 aromatic carbocycles. The second kappa shape index (κ2) is 4.59. The van der Waals surface area contributed by atoms with Gasteiger partial charge in [0, 0.05) is 17.1 Å². The molecule has 0 radical (unpaired) electrons. The van der Waals surface area contributed by atoms with E-state index in [2.05, 4.69) is 16.5 Å². The number of aromatic nitrogens is 2. The fourth-order valence-corrected chi connectivity index (χ4v) is 2.53. The first-order valence-electron chi connectivity index (χ1n) is 6.21. The third-order valence-electron chi connectivity index (χ3n) is 3.21. The van der Waals surface area contributed by atoms with Gasteiger partial charge in [0.15, 0.2) is 0 Å². The molecular weight excluding hydrogens is 258 g/mol. The van der Waals surface area contributed by atoms with Crippen molar-refractivity contribution in [3.8, 4) is 11.4 Å². The summed E-state index contributed by atoms with van der Waals surface area (Å²) in [5, 5.41) is 0.709. The van der Waals surface area contributed by atoms with Gasteiger partial charge in [-0.1, -0.05) is 29.8 Å². The average Bonchev–Trinajstić information content (AvgIpc) is 2.79. The van der Waals surface area contributed by atoms with Crippen molar-refractivity contribution in [3.63, 3.8) is 0 Å². The number of rotatable bonds is 2. The third kappa shape index (κ3) is 1.96. The van der Waals surface area contributed by atoms with Crippen LogP contribution in [0.15, 0.2) is 42.5 Å². The second-order valence-corrected chi connectivity index (χ2v) is 4.84. The third-order valence-corrected chi connectivity index (χ3v) is 3.44. The van der Waals surface area contributed by atoms with Gasteiger partial charge in [-0.25, -0.2) is 4.98 Å². The number of nitrogens with two attached hydrogens (primary N) is 1. The first-order chi connectivity index (χ1) is 9.20. The number of nitrogen functional groups attached to an aromatic ring is 1. The molecular formula is C15H14ClN3. The van der Waals surface area contributed by atoms with E-state index in [1.54, 1.807) is 0 Å². The van der Waals surface area contributed by atoms with Gasteiger partial charge < -0.3 is 10.3 Å². The maximum absolute atomic E-state index is 6.06. The molecule has 3 rings (SSSR count). The smallest absolute Gasteiger partial charge is 0.141 e. The van der Waals surface area contributed by atoms with E-state index in [1.165, 1.54) is 0 Å². The minimum atomic E-state index is 0.702. The van der Waals surface area contributed by atoms with E-state index in [0.717, 1.165) is 29.0 Å². The number of aryl methyl sites for hydroxylation is 1. The van der Waals surface area contributed by atoms with Crippen molar-refractivity contribution in [1.82, 2.24) is 9.55 Å². The zero-order chi connectivity index (χ0) is 13.4. The number of para-hydroxylation sites is 1. The highest BCUT2D eigenvalue weighted by Crippen LogP contribution is 2.29. The van der Waals surface area contributed by atoms with Crippen molar-refractivity contribution in [2.75, 3.05) is 5.73 Å². The van der Waals surface area contributed by atoms with Crippen molar-refractivity contribution in [2.24, 2.45) is 0 Å². The number of nitrogens with zero attached hydrogens (tertiary/aromatic N) is 2. The Kier molecular flexibility index (Phi) is 2.91. The summed E-state index contributed by atoms with van der Waals surface area (Å²) in [6.07, 6.45) is 0. The number of halogens is 1. The summed E-state index contributed by atoms with van der Waals surface area (Å²) in [5.41, 5.74) is 9.61. The molecule has 19 heavy (non-hydrogen) atoms. The van der Waals surface area contributed by atoms with Crippen LogP contribution in [0.25, 0.3) is 22.4 Å². The zero-order valence-electron chi connectivity index (χ0n) is 10.6. The van der Waals surface area contributed by atoms with Crippen LogP contribution in [0.1, 0.15) is 6.92 Å². The molecule has 0 aliphatic carbocycles. The first kappa shape index (κ1) is 12.1. The summed E-state index contributed by atoms with van der Waals surface area (Å²) in [7, 11) is 0. The Morgan fingerprint density at radius 1 is 1.21 bits per heavy atom. The van der Waals surface area contributed by atoms with Crippen molar-refractivity contribution in [1.29, 1.82) is 0 Å². The van der Waals surface area contributed by atoms with Crippen LogP contribution in [-0.2, 0) is 6.54 Å². The Labute approximate surface area is 116 Å². The summed E-state index contributed by atoms with van der Waals surface area (Å²) < 4.78 is 2.15. The monoisotopic (exact) mass is 271 g/mol. The minimum Gasteiger partial charge on any atom is -0.397 e. The molecule has 0 aliphatic rings. The van der Waals surface area contributed by atoms with Crippen molar-refractivity contribution >= 4 is 28.3 Å². The van der Waals surface area contributed by atoms with Crippen molar-refractivity contribution in [2.45, 2.75) is 13.5 Å². The minimum absolute atomic E-state index is 0.702. The Hall–Kier alpha value is -2.00. The van der Waals surface area contributed by atoms with Crippen LogP contribution in [0, 0.1) is 0 Å². The van der Waals surface area contributed by atoms with Crippen LogP contribution in [0.2, 0.25) is 5.02 Å². The van der Waals surface area contributed by atoms with E-state index in [4.69, 9.17) is 17.3 Å². The standard InChI is InChI=1S/C15H14ClN3/c1-2-19-13-8-4-7-12(17)14(13)18-15(19)10-5-3-6-11(16)9-10/h3-9H,2,17H2,1H3. The normalized spacial score (nSPS) is 11.1. The molecule has 0 saturated heterocycles. The average molecular weight is 272 g/mol. The number of anilines is 1. The maximum atomic E-state index is 6.06. The highest BCUT2D eigenvalue weighted by atomic mass is 35.5. The largest absolute Gasteiger partial charge is 0.397 e. The van der Waals surface area contributed by atoms with E-state index in [-0.39, 0.29) is 0 Å². The molecule has 1 heterocycles. The molecule has 1 aromatic heterocycles. The van der Waals surface area contributed by atoms with Crippen LogP contribution in [0.3, 0.4) is 0 Å². The SMILES string of the molecule is CCn1c(-c2cccc(Cl)c2)nc2c(N)cccc21. The lowest BCUT2D eigenvalue weighted by Crippen LogP contribution is -1.97. The predicted octanol–water partition coefficient (Wildman–Crippen LogP) is 3.96. The molecule has 96 valence electrons. The van der Waals surface area contributed by atoms with E-state index in [9.17, 15) is 0 Å². The van der Waals surface area contributed by atoms with Crippen LogP contribution >= 0.6 is 11.6 Å². The van der Waals surface area contributed by atoms with Gasteiger partial charge in [-0.05, 0) is 31.2 Å². The van der Waals surface area contributed by atoms with Gasteiger partial charge in [-0.3, -0.25) is 0 Å². The Morgan fingerprint density at radius 3 is 2.74 bits per heavy atom. The quantitative estimate of drug-likeness (QED) is 0.717. The molecule has 4 heteroatoms. The highest BCUT2D eigenvalue weighted by Gasteiger charge is 2.13. The first-order valence-corrected chi connectivity index (χ1v) is 6.59. The molecule has 0 atom stereocenters. The van der Waals surface area contributed by atoms with Gasteiger partial charge in [-0.15, -0.1) is 0 Å². The summed E-state index contributed by atoms with van der Waals surface area (Å²) in [6.45, 7) is 2.93. The fourth-order valence-electron chi connectivity index (χ4n) is 2.34. The van der Waals surface area contributed by atoms with Gasteiger partial charge >= 0.3 is 0 Å². The number of hydrogen-bond donors (Lipinski definition) is 1. The number of hydrogen-bond acceptors (Lipinski definition) is 2. The molecule has 3 nitrogen and oxygen atoms in total. The molecule has 0 unspecified atom stereocenters. The van der Waals surface area contributed by atoms with Crippen LogP contribution in [0.5, 0.6) is 0 Å². The van der Waals surface area contributed by atoms with Crippen LogP contribution in [0.4, 0.5) is 5.69 Å². The molecule has 0 bridgehead atoms. The van der Waals surface area contributed by atoms with Gasteiger partial charge in [0.2, 0.25) is 0 Å². The summed E-state index contributed by atoms with van der Waals surface area (Å²) in [4.78, 5) is 4.67. The molecule has 0 saturated carbocycles. The summed E-state index contributed by atoms with van der Waals surface area (Å²) in [6, 6.07) is 13.6. The van der Waals surface area contributed by atoms with Crippen molar-refractivity contribution in [3.05, 3.63) is 47.5 Å². The van der Waals surface area contributed by atoms with E-state index >= 15 is 0 Å². The Morgan fingerprint density at radius 2 is 2.00 bits per heavy atom. The molecule has 2 N–H and O–H groups in total.